The van der Waals surface area contributed by atoms with Crippen molar-refractivity contribution in [3.63, 3.8) is 0 Å². The highest BCUT2D eigenvalue weighted by Gasteiger charge is 2.15. The molecule has 1 aromatic carbocycles. The van der Waals surface area contributed by atoms with Crippen LogP contribution in [0.2, 0.25) is 5.02 Å². The number of aromatic nitrogens is 4. The Morgan fingerprint density at radius 1 is 1.39 bits per heavy atom. The van der Waals surface area contributed by atoms with Gasteiger partial charge in [0.15, 0.2) is 17.3 Å². The van der Waals surface area contributed by atoms with Crippen LogP contribution >= 0.6 is 11.6 Å². The van der Waals surface area contributed by atoms with Crippen LogP contribution in [0.4, 0.5) is 5.95 Å². The SMILES string of the molecule is COCc1cc(C(=O)Nc2n[nH]c(-c3ccc(Cl)cc3)n2)no1. The summed E-state index contributed by atoms with van der Waals surface area (Å²) in [6, 6.07) is 8.56. The molecule has 118 valence electrons. The number of benzene rings is 1. The molecule has 1 amide bonds. The van der Waals surface area contributed by atoms with Crippen molar-refractivity contribution in [1.29, 1.82) is 0 Å². The number of carbonyl (C=O) groups excluding carboxylic acids is 1. The maximum Gasteiger partial charge on any atom is 0.280 e. The lowest BCUT2D eigenvalue weighted by Crippen LogP contribution is -2.13. The number of rotatable bonds is 5. The van der Waals surface area contributed by atoms with Gasteiger partial charge in [0.2, 0.25) is 5.95 Å². The van der Waals surface area contributed by atoms with Gasteiger partial charge in [-0.2, -0.15) is 4.98 Å². The molecule has 23 heavy (non-hydrogen) atoms. The molecule has 2 aromatic heterocycles. The highest BCUT2D eigenvalue weighted by Crippen LogP contribution is 2.19. The molecule has 0 spiro atoms. The Bertz CT molecular complexity index is 812. The number of hydrogen-bond donors (Lipinski definition) is 2. The largest absolute Gasteiger partial charge is 0.377 e. The first kappa shape index (κ1) is 15.2. The Morgan fingerprint density at radius 3 is 2.91 bits per heavy atom. The van der Waals surface area contributed by atoms with Gasteiger partial charge in [-0.25, -0.2) is 0 Å². The summed E-state index contributed by atoms with van der Waals surface area (Å²) in [4.78, 5) is 16.2. The summed E-state index contributed by atoms with van der Waals surface area (Å²) in [7, 11) is 1.52. The van der Waals surface area contributed by atoms with Gasteiger partial charge in [0, 0.05) is 23.8 Å². The van der Waals surface area contributed by atoms with Gasteiger partial charge in [-0.3, -0.25) is 15.2 Å². The average molecular weight is 334 g/mol. The van der Waals surface area contributed by atoms with Crippen LogP contribution in [0.25, 0.3) is 11.4 Å². The minimum absolute atomic E-state index is 0.120. The molecule has 8 nitrogen and oxygen atoms in total. The van der Waals surface area contributed by atoms with Crippen LogP contribution in [-0.2, 0) is 11.3 Å². The monoisotopic (exact) mass is 333 g/mol. The lowest BCUT2D eigenvalue weighted by molar-refractivity contribution is 0.101. The van der Waals surface area contributed by atoms with Gasteiger partial charge < -0.3 is 9.26 Å². The van der Waals surface area contributed by atoms with Gasteiger partial charge in [-0.15, -0.1) is 5.10 Å². The maximum atomic E-state index is 12.0. The fraction of sp³-hybridized carbons (Fsp3) is 0.143. The number of H-pyrrole nitrogens is 1. The van der Waals surface area contributed by atoms with Crippen molar-refractivity contribution < 1.29 is 14.1 Å². The molecule has 0 atom stereocenters. The van der Waals surface area contributed by atoms with E-state index in [0.717, 1.165) is 5.56 Å². The number of ether oxygens (including phenoxy) is 1. The van der Waals surface area contributed by atoms with E-state index in [1.54, 1.807) is 24.3 Å². The lowest BCUT2D eigenvalue weighted by Gasteiger charge is -1.96. The van der Waals surface area contributed by atoms with E-state index in [0.29, 0.717) is 16.6 Å². The Morgan fingerprint density at radius 2 is 2.17 bits per heavy atom. The first-order chi connectivity index (χ1) is 11.2. The molecule has 9 heteroatoms. The molecule has 0 saturated carbocycles. The summed E-state index contributed by atoms with van der Waals surface area (Å²) in [6.45, 7) is 0.238. The van der Waals surface area contributed by atoms with Gasteiger partial charge in [0.1, 0.15) is 6.61 Å². The molecule has 0 bridgehead atoms. The number of nitrogens with one attached hydrogen (secondary N) is 2. The molecule has 0 aliphatic heterocycles. The normalized spacial score (nSPS) is 10.7. The number of carbonyl (C=O) groups is 1. The smallest absolute Gasteiger partial charge is 0.280 e. The molecule has 2 N–H and O–H groups in total. The van der Waals surface area contributed by atoms with E-state index in [1.807, 2.05) is 0 Å². The number of methoxy groups -OCH3 is 1. The fourth-order valence-corrected chi connectivity index (χ4v) is 1.98. The molecule has 0 saturated heterocycles. The van der Waals surface area contributed by atoms with Crippen LogP contribution in [-0.4, -0.2) is 33.4 Å². The van der Waals surface area contributed by atoms with Crippen molar-refractivity contribution in [2.24, 2.45) is 0 Å². The number of nitrogens with zero attached hydrogens (tertiary/aromatic N) is 3. The zero-order valence-corrected chi connectivity index (χ0v) is 12.8. The van der Waals surface area contributed by atoms with E-state index in [1.165, 1.54) is 13.2 Å². The second-order valence-corrected chi connectivity index (χ2v) is 5.02. The van der Waals surface area contributed by atoms with Gasteiger partial charge in [-0.1, -0.05) is 16.8 Å². The van der Waals surface area contributed by atoms with Crippen LogP contribution in [0.15, 0.2) is 34.9 Å². The Kier molecular flexibility index (Phi) is 4.35. The van der Waals surface area contributed by atoms with E-state index >= 15 is 0 Å². The molecule has 0 unspecified atom stereocenters. The summed E-state index contributed by atoms with van der Waals surface area (Å²) in [5.74, 6) is 0.626. The highest BCUT2D eigenvalue weighted by atomic mass is 35.5. The van der Waals surface area contributed by atoms with E-state index in [2.05, 4.69) is 25.7 Å². The zero-order valence-electron chi connectivity index (χ0n) is 12.0. The average Bonchev–Trinajstić information content (AvgIpc) is 3.18. The molecule has 0 aliphatic rings. The van der Waals surface area contributed by atoms with Crippen LogP contribution < -0.4 is 5.32 Å². The third-order valence-corrected chi connectivity index (χ3v) is 3.16. The van der Waals surface area contributed by atoms with E-state index in [4.69, 9.17) is 20.9 Å². The molecule has 0 fully saturated rings. The Labute approximate surface area is 135 Å². The third kappa shape index (κ3) is 3.55. The summed E-state index contributed by atoms with van der Waals surface area (Å²) in [6.07, 6.45) is 0. The first-order valence-electron chi connectivity index (χ1n) is 6.60. The summed E-state index contributed by atoms with van der Waals surface area (Å²) in [5.41, 5.74) is 0.918. The van der Waals surface area contributed by atoms with Crippen molar-refractivity contribution >= 4 is 23.5 Å². The molecular formula is C14H12ClN5O3. The Hall–Kier alpha value is -2.71. The maximum absolute atomic E-state index is 12.0. The minimum atomic E-state index is -0.474. The number of hydrogen-bond acceptors (Lipinski definition) is 6. The number of aromatic amines is 1. The molecular weight excluding hydrogens is 322 g/mol. The predicted molar refractivity (Wildman–Crippen MR) is 82.0 cm³/mol. The topological polar surface area (TPSA) is 106 Å². The number of halogens is 1. The van der Waals surface area contributed by atoms with Crippen molar-refractivity contribution in [1.82, 2.24) is 20.3 Å². The molecule has 0 radical (unpaired) electrons. The molecule has 3 rings (SSSR count). The van der Waals surface area contributed by atoms with Crippen molar-refractivity contribution in [2.75, 3.05) is 12.4 Å². The minimum Gasteiger partial charge on any atom is -0.377 e. The Balaban J connectivity index is 1.70. The summed E-state index contributed by atoms with van der Waals surface area (Å²) >= 11 is 5.84. The second kappa shape index (κ2) is 6.59. The predicted octanol–water partition coefficient (Wildman–Crippen LogP) is 2.51. The number of amides is 1. The van der Waals surface area contributed by atoms with E-state index in [9.17, 15) is 4.79 Å². The quantitative estimate of drug-likeness (QED) is 0.743. The standard InChI is InChI=1S/C14H12ClN5O3/c1-22-7-10-6-11(20-23-10)13(21)17-14-16-12(18-19-14)8-2-4-9(15)5-3-8/h2-6H,7H2,1H3,(H2,16,17,18,19,21). The van der Waals surface area contributed by atoms with Gasteiger partial charge in [0.05, 0.1) is 0 Å². The van der Waals surface area contributed by atoms with Crippen molar-refractivity contribution in [3.05, 3.63) is 46.8 Å². The van der Waals surface area contributed by atoms with E-state index in [-0.39, 0.29) is 18.2 Å². The first-order valence-corrected chi connectivity index (χ1v) is 6.97. The van der Waals surface area contributed by atoms with Crippen LogP contribution in [0.5, 0.6) is 0 Å². The zero-order chi connectivity index (χ0) is 16.2. The number of anilines is 1. The van der Waals surface area contributed by atoms with Crippen molar-refractivity contribution in [2.45, 2.75) is 6.61 Å². The van der Waals surface area contributed by atoms with Gasteiger partial charge in [0.25, 0.3) is 5.91 Å². The van der Waals surface area contributed by atoms with Crippen LogP contribution in [0.1, 0.15) is 16.2 Å². The summed E-state index contributed by atoms with van der Waals surface area (Å²) < 4.78 is 9.85. The van der Waals surface area contributed by atoms with Crippen molar-refractivity contribution in [3.8, 4) is 11.4 Å². The van der Waals surface area contributed by atoms with E-state index < -0.39 is 5.91 Å². The summed E-state index contributed by atoms with van der Waals surface area (Å²) in [5, 5.41) is 13.5. The third-order valence-electron chi connectivity index (χ3n) is 2.91. The molecule has 2 heterocycles. The highest BCUT2D eigenvalue weighted by molar-refractivity contribution is 6.30. The molecule has 0 aliphatic carbocycles. The molecule has 3 aromatic rings. The fourth-order valence-electron chi connectivity index (χ4n) is 1.85. The lowest BCUT2D eigenvalue weighted by atomic mass is 10.2. The van der Waals surface area contributed by atoms with Crippen LogP contribution in [0, 0.1) is 0 Å². The van der Waals surface area contributed by atoms with Gasteiger partial charge >= 0.3 is 0 Å². The van der Waals surface area contributed by atoms with Gasteiger partial charge in [-0.05, 0) is 24.3 Å². The second-order valence-electron chi connectivity index (χ2n) is 4.58. The van der Waals surface area contributed by atoms with Crippen LogP contribution in [0.3, 0.4) is 0 Å².